The second-order valence-corrected chi connectivity index (χ2v) is 6.41. The Morgan fingerprint density at radius 1 is 1.55 bits per heavy atom. The molecule has 1 N–H and O–H groups in total. The maximum atomic E-state index is 12.0. The highest BCUT2D eigenvalue weighted by molar-refractivity contribution is 8.01. The van der Waals surface area contributed by atoms with Gasteiger partial charge in [-0.05, 0) is 13.8 Å². The molecule has 0 saturated heterocycles. The lowest BCUT2D eigenvalue weighted by Gasteiger charge is -2.20. The second-order valence-electron chi connectivity index (χ2n) is 4.33. The van der Waals surface area contributed by atoms with E-state index in [1.165, 1.54) is 23.1 Å². The summed E-state index contributed by atoms with van der Waals surface area (Å²) in [5.41, 5.74) is 1.48. The number of rotatable bonds is 8. The van der Waals surface area contributed by atoms with Crippen LogP contribution in [-0.2, 0) is 16.0 Å². The molecule has 0 atom stereocenters. The van der Waals surface area contributed by atoms with E-state index in [1.54, 1.807) is 10.3 Å². The number of carboxylic acid groups (broad SMARTS) is 1. The van der Waals surface area contributed by atoms with E-state index in [4.69, 9.17) is 5.11 Å². The molecule has 7 heteroatoms. The highest BCUT2D eigenvalue weighted by Crippen LogP contribution is 2.23. The summed E-state index contributed by atoms with van der Waals surface area (Å²) in [5.74, 6) is -0.557. The van der Waals surface area contributed by atoms with E-state index in [0.29, 0.717) is 24.5 Å². The molecule has 110 valence electrons. The number of nitrogens with zero attached hydrogens (tertiary/aromatic N) is 2. The molecular formula is C13H18N2O3S2. The molecule has 0 aromatic carbocycles. The lowest BCUT2D eigenvalue weighted by Crippen LogP contribution is -2.33. The highest BCUT2D eigenvalue weighted by atomic mass is 32.2. The fraction of sp³-hybridized carbons (Fsp3) is 0.462. The van der Waals surface area contributed by atoms with Crippen LogP contribution in [0.4, 0.5) is 0 Å². The predicted molar refractivity (Wildman–Crippen MR) is 81.2 cm³/mol. The molecule has 0 aliphatic rings. The molecule has 0 bridgehead atoms. The summed E-state index contributed by atoms with van der Waals surface area (Å²) >= 11 is 2.71. The molecule has 1 aromatic heterocycles. The molecule has 1 rings (SSSR count). The first-order valence-corrected chi connectivity index (χ1v) is 8.00. The number of hydrogen-bond acceptors (Lipinski definition) is 5. The van der Waals surface area contributed by atoms with Crippen molar-refractivity contribution in [3.05, 3.63) is 23.2 Å². The van der Waals surface area contributed by atoms with Gasteiger partial charge in [-0.1, -0.05) is 23.9 Å². The van der Waals surface area contributed by atoms with Gasteiger partial charge < -0.3 is 10.0 Å². The highest BCUT2D eigenvalue weighted by Gasteiger charge is 2.13. The molecule has 1 aromatic rings. The number of hydrogen-bond donors (Lipinski definition) is 1. The number of amides is 1. The molecule has 5 nitrogen and oxygen atoms in total. The van der Waals surface area contributed by atoms with Crippen molar-refractivity contribution in [3.63, 3.8) is 0 Å². The van der Waals surface area contributed by atoms with Crippen molar-refractivity contribution >= 4 is 35.0 Å². The summed E-state index contributed by atoms with van der Waals surface area (Å²) in [6, 6.07) is 0. The number of thioether (sulfide) groups is 1. The van der Waals surface area contributed by atoms with E-state index in [-0.39, 0.29) is 12.3 Å². The van der Waals surface area contributed by atoms with Gasteiger partial charge in [0.1, 0.15) is 0 Å². The fourth-order valence-corrected chi connectivity index (χ4v) is 3.26. The second kappa shape index (κ2) is 8.06. The van der Waals surface area contributed by atoms with Gasteiger partial charge in [-0.15, -0.1) is 11.3 Å². The average Bonchev–Trinajstić information content (AvgIpc) is 2.79. The molecule has 1 heterocycles. The van der Waals surface area contributed by atoms with E-state index in [2.05, 4.69) is 11.6 Å². The Labute approximate surface area is 126 Å². The maximum absolute atomic E-state index is 12.0. The number of aromatic nitrogens is 1. The Morgan fingerprint density at radius 3 is 2.80 bits per heavy atom. The number of thiazole rings is 1. The zero-order valence-electron chi connectivity index (χ0n) is 11.6. The molecule has 0 saturated carbocycles. The first-order valence-electron chi connectivity index (χ1n) is 6.13. The smallest absolute Gasteiger partial charge is 0.309 e. The van der Waals surface area contributed by atoms with Crippen molar-refractivity contribution in [2.75, 3.05) is 18.8 Å². The largest absolute Gasteiger partial charge is 0.481 e. The summed E-state index contributed by atoms with van der Waals surface area (Å²) in [6.07, 6.45) is -0.0816. The molecule has 0 spiro atoms. The first-order chi connectivity index (χ1) is 9.42. The van der Waals surface area contributed by atoms with Gasteiger partial charge in [-0.3, -0.25) is 9.59 Å². The van der Waals surface area contributed by atoms with Crippen LogP contribution in [0.25, 0.3) is 0 Å². The topological polar surface area (TPSA) is 70.5 Å². The van der Waals surface area contributed by atoms with Gasteiger partial charge in [-0.2, -0.15) is 0 Å². The summed E-state index contributed by atoms with van der Waals surface area (Å²) in [5, 5.41) is 10.4. The molecule has 0 fully saturated rings. The van der Waals surface area contributed by atoms with Crippen molar-refractivity contribution in [2.24, 2.45) is 0 Å². The van der Waals surface area contributed by atoms with Gasteiger partial charge in [0.2, 0.25) is 5.91 Å². The Kier molecular flexibility index (Phi) is 6.74. The van der Waals surface area contributed by atoms with Crippen LogP contribution >= 0.6 is 23.1 Å². The van der Waals surface area contributed by atoms with E-state index >= 15 is 0 Å². The van der Waals surface area contributed by atoms with Crippen LogP contribution in [0, 0.1) is 0 Å². The summed E-state index contributed by atoms with van der Waals surface area (Å²) in [7, 11) is 0. The SMILES string of the molecule is C=C(C)CN(CC)C(=O)CSc1nc(CC(=O)O)cs1. The normalized spacial score (nSPS) is 10.3. The van der Waals surface area contributed by atoms with Crippen LogP contribution in [0.15, 0.2) is 21.9 Å². The van der Waals surface area contributed by atoms with E-state index in [1.807, 2.05) is 13.8 Å². The van der Waals surface area contributed by atoms with Gasteiger partial charge in [0.05, 0.1) is 17.9 Å². The van der Waals surface area contributed by atoms with E-state index in [0.717, 1.165) is 9.91 Å². The third-order valence-electron chi connectivity index (χ3n) is 2.38. The Bertz CT molecular complexity index is 500. The molecule has 1 amide bonds. The van der Waals surface area contributed by atoms with Gasteiger partial charge in [0, 0.05) is 18.5 Å². The van der Waals surface area contributed by atoms with Crippen molar-refractivity contribution in [3.8, 4) is 0 Å². The van der Waals surface area contributed by atoms with Gasteiger partial charge in [0.25, 0.3) is 0 Å². The Hall–Kier alpha value is -1.34. The molecule has 0 aliphatic heterocycles. The van der Waals surface area contributed by atoms with Crippen LogP contribution in [-0.4, -0.2) is 45.7 Å². The third kappa shape index (κ3) is 5.75. The molecule has 0 radical (unpaired) electrons. The van der Waals surface area contributed by atoms with Crippen molar-refractivity contribution in [1.29, 1.82) is 0 Å². The van der Waals surface area contributed by atoms with Gasteiger partial charge >= 0.3 is 5.97 Å². The van der Waals surface area contributed by atoms with Crippen LogP contribution in [0.5, 0.6) is 0 Å². The molecular weight excluding hydrogens is 296 g/mol. The van der Waals surface area contributed by atoms with Crippen molar-refractivity contribution in [1.82, 2.24) is 9.88 Å². The zero-order valence-corrected chi connectivity index (χ0v) is 13.2. The van der Waals surface area contributed by atoms with Gasteiger partial charge in [0.15, 0.2) is 4.34 Å². The molecule has 20 heavy (non-hydrogen) atoms. The van der Waals surface area contributed by atoms with Crippen LogP contribution in [0.1, 0.15) is 19.5 Å². The minimum Gasteiger partial charge on any atom is -0.481 e. The number of likely N-dealkylation sites (N-methyl/N-ethyl adjacent to an activating group) is 1. The fourth-order valence-electron chi connectivity index (χ4n) is 1.51. The summed E-state index contributed by atoms with van der Waals surface area (Å²) in [4.78, 5) is 28.5. The Morgan fingerprint density at radius 2 is 2.25 bits per heavy atom. The molecule has 0 unspecified atom stereocenters. The van der Waals surface area contributed by atoms with Crippen molar-refractivity contribution < 1.29 is 14.7 Å². The van der Waals surface area contributed by atoms with Crippen LogP contribution in [0.3, 0.4) is 0 Å². The lowest BCUT2D eigenvalue weighted by atomic mass is 10.3. The number of carboxylic acids is 1. The number of carbonyl (C=O) groups excluding carboxylic acids is 1. The maximum Gasteiger partial charge on any atom is 0.309 e. The minimum atomic E-state index is -0.901. The third-order valence-corrected chi connectivity index (χ3v) is 4.43. The molecule has 0 aliphatic carbocycles. The summed E-state index contributed by atoms with van der Waals surface area (Å²) < 4.78 is 0.723. The van der Waals surface area contributed by atoms with Gasteiger partial charge in [-0.25, -0.2) is 4.98 Å². The average molecular weight is 314 g/mol. The van der Waals surface area contributed by atoms with E-state index < -0.39 is 5.97 Å². The number of carbonyl (C=O) groups is 2. The summed E-state index contributed by atoms with van der Waals surface area (Å²) in [6.45, 7) is 8.84. The van der Waals surface area contributed by atoms with Crippen LogP contribution < -0.4 is 0 Å². The predicted octanol–water partition coefficient (Wildman–Crippen LogP) is 2.29. The monoisotopic (exact) mass is 314 g/mol. The van der Waals surface area contributed by atoms with Crippen molar-refractivity contribution in [2.45, 2.75) is 24.6 Å². The number of aliphatic carboxylic acids is 1. The van der Waals surface area contributed by atoms with E-state index in [9.17, 15) is 9.59 Å². The minimum absolute atomic E-state index is 0.0375. The zero-order chi connectivity index (χ0) is 15.1. The Balaban J connectivity index is 2.49. The lowest BCUT2D eigenvalue weighted by molar-refractivity contribution is -0.136. The van der Waals surface area contributed by atoms with Crippen LogP contribution in [0.2, 0.25) is 0 Å². The quantitative estimate of drug-likeness (QED) is 0.589. The first kappa shape index (κ1) is 16.7. The standard InChI is InChI=1S/C13H18N2O3S2/c1-4-15(6-9(2)3)11(16)8-20-13-14-10(7-19-13)5-12(17)18/h7H,2,4-6,8H2,1,3H3,(H,17,18).